The van der Waals surface area contributed by atoms with Crippen molar-refractivity contribution >= 4 is 27.9 Å². The van der Waals surface area contributed by atoms with Gasteiger partial charge >= 0.3 is 0 Å². The Labute approximate surface area is 218 Å². The number of pyridine rings is 1. The predicted molar refractivity (Wildman–Crippen MR) is 146 cm³/mol. The average molecular weight is 509 g/mol. The Morgan fingerprint density at radius 2 is 1.92 bits per heavy atom. The van der Waals surface area contributed by atoms with E-state index >= 15 is 0 Å². The monoisotopic (exact) mass is 508 g/mol. The van der Waals surface area contributed by atoms with E-state index in [1.165, 1.54) is 11.1 Å². The predicted octanol–water partition coefficient (Wildman–Crippen LogP) is 5.19. The standard InChI is InChI=1S/C28H30ClNO3.C2H7N/c1-27-15-25(32)22-14-18-13-19(31)6-9-28(18,33)10-7-20(22)24(27)5-4-23(27)17-3-2-16-8-11-30-26(29)21(16)12-17;1-3-2/h2-4,8,11-12,14,19,24-25,31-33H,5-7,9-10,13,15H2,1H3;3H,1-2H3/t19?,24?,25?,27?,28-;/m0./s1. The van der Waals surface area contributed by atoms with Gasteiger partial charge in [0.05, 0.1) is 17.8 Å². The van der Waals surface area contributed by atoms with Gasteiger partial charge in [-0.1, -0.05) is 48.4 Å². The van der Waals surface area contributed by atoms with Gasteiger partial charge in [0, 0.05) is 17.0 Å². The molecule has 2 aromatic rings. The summed E-state index contributed by atoms with van der Waals surface area (Å²) in [5.74, 6) is 0.302. The van der Waals surface area contributed by atoms with Gasteiger partial charge < -0.3 is 20.6 Å². The first-order valence-electron chi connectivity index (χ1n) is 13.1. The van der Waals surface area contributed by atoms with Crippen molar-refractivity contribution in [3.8, 4) is 0 Å². The van der Waals surface area contributed by atoms with Crippen LogP contribution >= 0.6 is 11.6 Å². The molecule has 192 valence electrons. The van der Waals surface area contributed by atoms with Gasteiger partial charge in [-0.3, -0.25) is 0 Å². The van der Waals surface area contributed by atoms with E-state index in [1.54, 1.807) is 6.20 Å². The van der Waals surface area contributed by atoms with Gasteiger partial charge in [0.2, 0.25) is 0 Å². The molecule has 0 saturated heterocycles. The summed E-state index contributed by atoms with van der Waals surface area (Å²) >= 11 is 6.40. The fourth-order valence-electron chi connectivity index (χ4n) is 7.00. The van der Waals surface area contributed by atoms with E-state index in [0.717, 1.165) is 40.3 Å². The van der Waals surface area contributed by atoms with Gasteiger partial charge in [-0.2, -0.15) is 0 Å². The van der Waals surface area contributed by atoms with E-state index in [9.17, 15) is 15.3 Å². The molecule has 6 heteroatoms. The molecule has 1 fully saturated rings. The number of allylic oxidation sites excluding steroid dienone is 3. The molecule has 4 aliphatic carbocycles. The zero-order valence-corrected chi connectivity index (χ0v) is 22.1. The first-order chi connectivity index (χ1) is 17.2. The van der Waals surface area contributed by atoms with Crippen molar-refractivity contribution in [1.82, 2.24) is 10.3 Å². The summed E-state index contributed by atoms with van der Waals surface area (Å²) in [6.45, 7) is 2.28. The molecular formula is C30H37ClN2O3. The fraction of sp³-hybridized carbons (Fsp3) is 0.500. The lowest BCUT2D eigenvalue weighted by Crippen LogP contribution is -2.38. The van der Waals surface area contributed by atoms with Crippen molar-refractivity contribution in [3.05, 3.63) is 70.1 Å². The highest BCUT2D eigenvalue weighted by atomic mass is 35.5. The number of benzene rings is 1. The summed E-state index contributed by atoms with van der Waals surface area (Å²) in [6, 6.07) is 8.36. The number of hydrogen-bond donors (Lipinski definition) is 4. The molecule has 1 aromatic heterocycles. The number of rotatable bonds is 1. The molecule has 0 bridgehead atoms. The Kier molecular flexibility index (Phi) is 6.90. The van der Waals surface area contributed by atoms with E-state index in [0.29, 0.717) is 43.2 Å². The van der Waals surface area contributed by atoms with Crippen LogP contribution in [0.25, 0.3) is 16.3 Å². The molecule has 0 spiro atoms. The number of nitrogens with zero attached hydrogens (tertiary/aromatic N) is 1. The van der Waals surface area contributed by atoms with E-state index in [1.807, 2.05) is 26.2 Å². The second-order valence-electron chi connectivity index (χ2n) is 11.2. The third-order valence-electron chi connectivity index (χ3n) is 8.82. The van der Waals surface area contributed by atoms with Crippen LogP contribution < -0.4 is 5.32 Å². The quantitative estimate of drug-likeness (QED) is 0.398. The van der Waals surface area contributed by atoms with Crippen molar-refractivity contribution in [2.24, 2.45) is 11.3 Å². The van der Waals surface area contributed by atoms with Gasteiger partial charge in [-0.15, -0.1) is 0 Å². The van der Waals surface area contributed by atoms with Crippen LogP contribution in [0.5, 0.6) is 0 Å². The molecule has 1 aromatic carbocycles. The smallest absolute Gasteiger partial charge is 0.136 e. The van der Waals surface area contributed by atoms with Gasteiger partial charge in [-0.05, 0) is 105 Å². The van der Waals surface area contributed by atoms with Crippen LogP contribution in [0.2, 0.25) is 5.15 Å². The van der Waals surface area contributed by atoms with Crippen LogP contribution in [-0.2, 0) is 0 Å². The largest absolute Gasteiger partial charge is 0.393 e. The third kappa shape index (κ3) is 4.25. The maximum Gasteiger partial charge on any atom is 0.136 e. The molecule has 6 rings (SSSR count). The lowest BCUT2D eigenvalue weighted by Gasteiger charge is -2.43. The molecule has 0 amide bonds. The average Bonchev–Trinajstić information content (AvgIpc) is 3.09. The first kappa shape index (κ1) is 25.6. The molecule has 5 nitrogen and oxygen atoms in total. The van der Waals surface area contributed by atoms with Crippen molar-refractivity contribution in [2.45, 2.75) is 69.7 Å². The summed E-state index contributed by atoms with van der Waals surface area (Å²) in [7, 11) is 3.75. The highest BCUT2D eigenvalue weighted by Gasteiger charge is 2.50. The summed E-state index contributed by atoms with van der Waals surface area (Å²) in [4.78, 5) is 4.25. The normalized spacial score (nSPS) is 33.5. The zero-order valence-electron chi connectivity index (χ0n) is 21.4. The molecule has 4 N–H and O–H groups in total. The number of aliphatic hydroxyl groups is 3. The summed E-state index contributed by atoms with van der Waals surface area (Å²) in [5.41, 5.74) is 4.53. The number of nitrogens with one attached hydrogen (secondary N) is 1. The van der Waals surface area contributed by atoms with E-state index in [4.69, 9.17) is 11.6 Å². The van der Waals surface area contributed by atoms with E-state index < -0.39 is 17.8 Å². The number of aliphatic hydroxyl groups excluding tert-OH is 2. The minimum atomic E-state index is -0.857. The van der Waals surface area contributed by atoms with Crippen LogP contribution in [0.15, 0.2) is 59.3 Å². The maximum atomic E-state index is 11.4. The van der Waals surface area contributed by atoms with Crippen molar-refractivity contribution < 1.29 is 15.3 Å². The van der Waals surface area contributed by atoms with Crippen LogP contribution in [0.3, 0.4) is 0 Å². The lowest BCUT2D eigenvalue weighted by atomic mass is 9.61. The zero-order chi connectivity index (χ0) is 25.7. The Balaban J connectivity index is 0.000000848. The van der Waals surface area contributed by atoms with Gasteiger partial charge in [0.1, 0.15) is 5.15 Å². The SMILES string of the molecule is CC12CC(O)C3=C(CC[C@@]4(O)CCC(O)CC4=C3)C1CC=C2c1ccc2ccnc(Cl)c2c1.CNC. The fourth-order valence-corrected chi connectivity index (χ4v) is 7.22. The molecule has 0 radical (unpaired) electrons. The summed E-state index contributed by atoms with van der Waals surface area (Å²) in [6.07, 6.45) is 9.86. The number of halogens is 1. The highest BCUT2D eigenvalue weighted by Crippen LogP contribution is 2.60. The van der Waals surface area contributed by atoms with Gasteiger partial charge in [-0.25, -0.2) is 4.98 Å². The van der Waals surface area contributed by atoms with Crippen LogP contribution in [0.4, 0.5) is 0 Å². The van der Waals surface area contributed by atoms with Crippen molar-refractivity contribution in [3.63, 3.8) is 0 Å². The summed E-state index contributed by atoms with van der Waals surface area (Å²) < 4.78 is 0. The first-order valence-corrected chi connectivity index (χ1v) is 13.4. The Bertz CT molecular complexity index is 1270. The number of hydrogen-bond acceptors (Lipinski definition) is 5. The molecule has 4 unspecified atom stereocenters. The van der Waals surface area contributed by atoms with Crippen LogP contribution in [0, 0.1) is 11.3 Å². The number of fused-ring (bicyclic) bond motifs is 4. The molecule has 1 saturated carbocycles. The Morgan fingerprint density at radius 1 is 1.14 bits per heavy atom. The molecule has 4 aliphatic rings. The molecule has 5 atom stereocenters. The third-order valence-corrected chi connectivity index (χ3v) is 9.12. The second kappa shape index (κ2) is 9.70. The minimum Gasteiger partial charge on any atom is -0.393 e. The highest BCUT2D eigenvalue weighted by molar-refractivity contribution is 6.34. The molecule has 1 heterocycles. The van der Waals surface area contributed by atoms with Gasteiger partial charge in [0.15, 0.2) is 0 Å². The second-order valence-corrected chi connectivity index (χ2v) is 11.5. The Morgan fingerprint density at radius 3 is 2.69 bits per heavy atom. The summed E-state index contributed by atoms with van der Waals surface area (Å²) in [5, 5.41) is 38.2. The molecular weight excluding hydrogens is 472 g/mol. The van der Waals surface area contributed by atoms with Crippen LogP contribution in [0.1, 0.15) is 57.4 Å². The minimum absolute atomic E-state index is 0.184. The van der Waals surface area contributed by atoms with Gasteiger partial charge in [0.25, 0.3) is 0 Å². The topological polar surface area (TPSA) is 85.6 Å². The van der Waals surface area contributed by atoms with Crippen molar-refractivity contribution in [2.75, 3.05) is 14.1 Å². The maximum absolute atomic E-state index is 11.4. The van der Waals surface area contributed by atoms with E-state index in [-0.39, 0.29) is 5.41 Å². The molecule has 0 aliphatic heterocycles. The molecule has 36 heavy (non-hydrogen) atoms. The Hall–Kier alpha value is -2.02. The number of aromatic nitrogens is 1. The lowest BCUT2D eigenvalue weighted by molar-refractivity contribution is 0.00863. The van der Waals surface area contributed by atoms with E-state index in [2.05, 4.69) is 41.5 Å². The van der Waals surface area contributed by atoms with Crippen molar-refractivity contribution in [1.29, 1.82) is 0 Å². The van der Waals surface area contributed by atoms with Crippen LogP contribution in [-0.4, -0.2) is 52.2 Å².